The van der Waals surface area contributed by atoms with E-state index in [1.807, 2.05) is 4.90 Å². The number of carbonyl (C=O) groups excluding carboxylic acids is 1. The molecule has 2 aliphatic rings. The van der Waals surface area contributed by atoms with Gasteiger partial charge in [-0.3, -0.25) is 4.79 Å². The fourth-order valence-electron chi connectivity index (χ4n) is 3.73. The number of ether oxygens (including phenoxy) is 1. The van der Waals surface area contributed by atoms with E-state index >= 15 is 0 Å². The number of carbonyl (C=O) groups is 1. The van der Waals surface area contributed by atoms with E-state index in [1.165, 1.54) is 31.0 Å². The molecular formula is C18H23F3N2O2. The third kappa shape index (κ3) is 5.11. The van der Waals surface area contributed by atoms with Crippen LogP contribution in [0.5, 0.6) is 5.75 Å². The summed E-state index contributed by atoms with van der Waals surface area (Å²) < 4.78 is 40.8. The van der Waals surface area contributed by atoms with Gasteiger partial charge in [0.15, 0.2) is 0 Å². The normalized spacial score (nSPS) is 20.0. The Balaban J connectivity index is 1.52. The Morgan fingerprint density at radius 2 is 1.80 bits per heavy atom. The zero-order valence-electron chi connectivity index (χ0n) is 14.1. The fraction of sp³-hybridized carbons (Fsp3) is 0.611. The summed E-state index contributed by atoms with van der Waals surface area (Å²) in [5.41, 5.74) is 0.536. The standard InChI is InChI=1S/C18H23F3N2O2/c19-18(20,21)25-16-5-3-4-14(12-16)13-17(24)23-10-6-15(7-11-23)22-8-1-2-9-22/h3-5,12,15H,1-2,6-11,13H2. The zero-order chi connectivity index (χ0) is 17.9. The van der Waals surface area contributed by atoms with Gasteiger partial charge in [0.25, 0.3) is 0 Å². The largest absolute Gasteiger partial charge is 0.573 e. The van der Waals surface area contributed by atoms with Crippen LogP contribution in [-0.4, -0.2) is 54.3 Å². The van der Waals surface area contributed by atoms with Crippen molar-refractivity contribution >= 4 is 5.91 Å². The fourth-order valence-corrected chi connectivity index (χ4v) is 3.73. The molecule has 2 saturated heterocycles. The van der Waals surface area contributed by atoms with E-state index in [1.54, 1.807) is 6.07 Å². The lowest BCUT2D eigenvalue weighted by Gasteiger charge is -2.36. The molecule has 0 bridgehead atoms. The predicted molar refractivity (Wildman–Crippen MR) is 87.2 cm³/mol. The molecule has 1 aromatic rings. The number of benzene rings is 1. The third-order valence-corrected chi connectivity index (χ3v) is 4.96. The lowest BCUT2D eigenvalue weighted by Crippen LogP contribution is -2.46. The third-order valence-electron chi connectivity index (χ3n) is 4.96. The number of hydrogen-bond acceptors (Lipinski definition) is 3. The molecule has 0 spiro atoms. The van der Waals surface area contributed by atoms with Gasteiger partial charge in [-0.25, -0.2) is 0 Å². The summed E-state index contributed by atoms with van der Waals surface area (Å²) in [6, 6.07) is 6.21. The van der Waals surface area contributed by atoms with Gasteiger partial charge in [-0.2, -0.15) is 0 Å². The maximum absolute atomic E-state index is 12.4. The first-order valence-corrected chi connectivity index (χ1v) is 8.77. The molecule has 2 heterocycles. The van der Waals surface area contributed by atoms with Crippen LogP contribution in [0.15, 0.2) is 24.3 Å². The molecule has 1 amide bonds. The summed E-state index contributed by atoms with van der Waals surface area (Å²) in [6.45, 7) is 3.76. The Hall–Kier alpha value is -1.76. The highest BCUT2D eigenvalue weighted by molar-refractivity contribution is 5.79. The lowest BCUT2D eigenvalue weighted by molar-refractivity contribution is -0.274. The second-order valence-electron chi connectivity index (χ2n) is 6.73. The van der Waals surface area contributed by atoms with Gasteiger partial charge in [-0.1, -0.05) is 12.1 Å². The molecule has 0 atom stereocenters. The van der Waals surface area contributed by atoms with Crippen molar-refractivity contribution in [3.05, 3.63) is 29.8 Å². The first-order valence-electron chi connectivity index (χ1n) is 8.77. The highest BCUT2D eigenvalue weighted by atomic mass is 19.4. The molecule has 25 heavy (non-hydrogen) atoms. The van der Waals surface area contributed by atoms with Crippen molar-refractivity contribution in [2.45, 2.75) is 44.5 Å². The van der Waals surface area contributed by atoms with Gasteiger partial charge in [-0.15, -0.1) is 13.2 Å². The lowest BCUT2D eigenvalue weighted by atomic mass is 10.0. The van der Waals surface area contributed by atoms with Crippen LogP contribution < -0.4 is 4.74 Å². The van der Waals surface area contributed by atoms with E-state index in [-0.39, 0.29) is 18.1 Å². The van der Waals surface area contributed by atoms with Crippen molar-refractivity contribution in [1.82, 2.24) is 9.80 Å². The molecule has 1 aromatic carbocycles. The van der Waals surface area contributed by atoms with Gasteiger partial charge < -0.3 is 14.5 Å². The molecule has 0 unspecified atom stereocenters. The summed E-state index contributed by atoms with van der Waals surface area (Å²) >= 11 is 0. The number of hydrogen-bond donors (Lipinski definition) is 0. The van der Waals surface area contributed by atoms with Gasteiger partial charge in [-0.05, 0) is 56.5 Å². The number of alkyl halides is 3. The van der Waals surface area contributed by atoms with Crippen molar-refractivity contribution in [2.75, 3.05) is 26.2 Å². The van der Waals surface area contributed by atoms with Crippen LogP contribution >= 0.6 is 0 Å². The van der Waals surface area contributed by atoms with E-state index in [0.29, 0.717) is 11.6 Å². The molecule has 0 aromatic heterocycles. The number of nitrogens with zero attached hydrogens (tertiary/aromatic N) is 2. The van der Waals surface area contributed by atoms with Crippen molar-refractivity contribution in [1.29, 1.82) is 0 Å². The number of rotatable bonds is 4. The van der Waals surface area contributed by atoms with E-state index in [0.717, 1.165) is 39.0 Å². The minimum atomic E-state index is -4.72. The maximum atomic E-state index is 12.4. The second-order valence-corrected chi connectivity index (χ2v) is 6.73. The topological polar surface area (TPSA) is 32.8 Å². The molecule has 3 rings (SSSR count). The maximum Gasteiger partial charge on any atom is 0.573 e. The molecular weight excluding hydrogens is 333 g/mol. The summed E-state index contributed by atoms with van der Waals surface area (Å²) in [7, 11) is 0. The van der Waals surface area contributed by atoms with E-state index in [4.69, 9.17) is 0 Å². The van der Waals surface area contributed by atoms with Crippen LogP contribution in [-0.2, 0) is 11.2 Å². The predicted octanol–water partition coefficient (Wildman–Crippen LogP) is 3.21. The van der Waals surface area contributed by atoms with Crippen LogP contribution in [0, 0.1) is 0 Å². The monoisotopic (exact) mass is 356 g/mol. The summed E-state index contributed by atoms with van der Waals surface area (Å²) in [6.07, 6.45) is -0.152. The SMILES string of the molecule is O=C(Cc1cccc(OC(F)(F)F)c1)N1CCC(N2CCCC2)CC1. The minimum Gasteiger partial charge on any atom is -0.406 e. The number of amides is 1. The average molecular weight is 356 g/mol. The van der Waals surface area contributed by atoms with Crippen molar-refractivity contribution in [3.8, 4) is 5.75 Å². The van der Waals surface area contributed by atoms with E-state index < -0.39 is 6.36 Å². The second kappa shape index (κ2) is 7.64. The van der Waals surface area contributed by atoms with Gasteiger partial charge in [0.05, 0.1) is 6.42 Å². The smallest absolute Gasteiger partial charge is 0.406 e. The summed E-state index contributed by atoms with van der Waals surface area (Å²) in [4.78, 5) is 16.8. The number of likely N-dealkylation sites (tertiary alicyclic amines) is 2. The summed E-state index contributed by atoms with van der Waals surface area (Å²) in [5.74, 6) is -0.324. The van der Waals surface area contributed by atoms with Crippen molar-refractivity contribution in [2.24, 2.45) is 0 Å². The highest BCUT2D eigenvalue weighted by Gasteiger charge is 2.31. The Morgan fingerprint density at radius 3 is 2.44 bits per heavy atom. The molecule has 138 valence electrons. The van der Waals surface area contributed by atoms with Crippen LogP contribution in [0.3, 0.4) is 0 Å². The molecule has 2 aliphatic heterocycles. The van der Waals surface area contributed by atoms with Crippen molar-refractivity contribution < 1.29 is 22.7 Å². The molecule has 4 nitrogen and oxygen atoms in total. The van der Waals surface area contributed by atoms with Gasteiger partial charge in [0.2, 0.25) is 5.91 Å². The Morgan fingerprint density at radius 1 is 1.12 bits per heavy atom. The summed E-state index contributed by atoms with van der Waals surface area (Å²) in [5, 5.41) is 0. The average Bonchev–Trinajstić information content (AvgIpc) is 3.08. The molecule has 0 saturated carbocycles. The molecule has 2 fully saturated rings. The Kier molecular flexibility index (Phi) is 5.51. The molecule has 0 radical (unpaired) electrons. The first-order chi connectivity index (χ1) is 11.9. The number of piperidine rings is 1. The Bertz CT molecular complexity index is 592. The van der Waals surface area contributed by atoms with Crippen LogP contribution in [0.4, 0.5) is 13.2 Å². The molecule has 0 aliphatic carbocycles. The van der Waals surface area contributed by atoms with E-state index in [9.17, 15) is 18.0 Å². The van der Waals surface area contributed by atoms with Crippen molar-refractivity contribution in [3.63, 3.8) is 0 Å². The molecule has 0 N–H and O–H groups in total. The van der Waals surface area contributed by atoms with E-state index in [2.05, 4.69) is 9.64 Å². The minimum absolute atomic E-state index is 0.0379. The van der Waals surface area contributed by atoms with Gasteiger partial charge in [0, 0.05) is 19.1 Å². The molecule has 7 heteroatoms. The Labute approximate surface area is 145 Å². The zero-order valence-corrected chi connectivity index (χ0v) is 14.1. The van der Waals surface area contributed by atoms with Crippen LogP contribution in [0.2, 0.25) is 0 Å². The first kappa shape index (κ1) is 18.0. The van der Waals surface area contributed by atoms with Gasteiger partial charge in [0.1, 0.15) is 5.75 Å². The van der Waals surface area contributed by atoms with Crippen LogP contribution in [0.25, 0.3) is 0 Å². The quantitative estimate of drug-likeness (QED) is 0.831. The highest BCUT2D eigenvalue weighted by Crippen LogP contribution is 2.24. The number of halogens is 3. The van der Waals surface area contributed by atoms with Gasteiger partial charge >= 0.3 is 6.36 Å². The van der Waals surface area contributed by atoms with Crippen LogP contribution in [0.1, 0.15) is 31.2 Å².